The predicted molar refractivity (Wildman–Crippen MR) is 54.6 cm³/mol. The molecule has 13 heavy (non-hydrogen) atoms. The van der Waals surface area contributed by atoms with Gasteiger partial charge in [-0.1, -0.05) is 24.3 Å². The number of aliphatic hydroxyl groups excluding tert-OH is 1. The van der Waals surface area contributed by atoms with Crippen LogP contribution in [-0.4, -0.2) is 18.7 Å². The van der Waals surface area contributed by atoms with E-state index in [2.05, 4.69) is 11.4 Å². The van der Waals surface area contributed by atoms with E-state index in [0.717, 1.165) is 24.9 Å². The second-order valence-corrected chi connectivity index (χ2v) is 3.13. The Kier molecular flexibility index (Phi) is 4.50. The summed E-state index contributed by atoms with van der Waals surface area (Å²) in [4.78, 5) is 0. The van der Waals surface area contributed by atoms with E-state index in [1.54, 1.807) is 0 Å². The molecule has 0 aromatic heterocycles. The highest BCUT2D eigenvalue weighted by atomic mass is 16.3. The fourth-order valence-corrected chi connectivity index (χ4v) is 1.41. The fourth-order valence-electron chi connectivity index (χ4n) is 1.41. The summed E-state index contributed by atoms with van der Waals surface area (Å²) in [6, 6.07) is 8.05. The van der Waals surface area contributed by atoms with Crippen LogP contribution in [0.2, 0.25) is 0 Å². The molecule has 0 aliphatic carbocycles. The number of rotatable bonds is 5. The van der Waals surface area contributed by atoms with Gasteiger partial charge in [-0.25, -0.2) is 0 Å². The minimum atomic E-state index is 0.149. The van der Waals surface area contributed by atoms with Crippen LogP contribution in [0.1, 0.15) is 17.5 Å². The van der Waals surface area contributed by atoms with Crippen LogP contribution in [0.5, 0.6) is 0 Å². The smallest absolute Gasteiger partial charge is 0.0684 e. The first kappa shape index (κ1) is 10.2. The number of benzene rings is 1. The van der Waals surface area contributed by atoms with Crippen LogP contribution in [-0.2, 0) is 13.0 Å². The lowest BCUT2D eigenvalue weighted by molar-refractivity contribution is 0.280. The summed E-state index contributed by atoms with van der Waals surface area (Å²) in [6.45, 7) is 1.18. The third-order valence-electron chi connectivity index (χ3n) is 2.16. The molecule has 1 aromatic rings. The van der Waals surface area contributed by atoms with E-state index in [1.807, 2.05) is 25.2 Å². The number of hydrogen-bond acceptors (Lipinski definition) is 2. The van der Waals surface area contributed by atoms with Crippen LogP contribution in [0.15, 0.2) is 24.3 Å². The zero-order valence-electron chi connectivity index (χ0n) is 8.09. The summed E-state index contributed by atoms with van der Waals surface area (Å²) < 4.78 is 0. The molecule has 72 valence electrons. The topological polar surface area (TPSA) is 32.3 Å². The molecular formula is C11H17NO. The van der Waals surface area contributed by atoms with Crippen molar-refractivity contribution < 1.29 is 5.11 Å². The molecule has 0 atom stereocenters. The molecule has 0 aliphatic rings. The van der Waals surface area contributed by atoms with Gasteiger partial charge in [-0.05, 0) is 37.6 Å². The van der Waals surface area contributed by atoms with Crippen molar-refractivity contribution in [3.63, 3.8) is 0 Å². The molecule has 0 unspecified atom stereocenters. The summed E-state index contributed by atoms with van der Waals surface area (Å²) in [5.74, 6) is 0. The first-order valence-electron chi connectivity index (χ1n) is 4.70. The Morgan fingerprint density at radius 3 is 2.54 bits per heavy atom. The van der Waals surface area contributed by atoms with Crippen LogP contribution in [0.3, 0.4) is 0 Å². The Balaban J connectivity index is 2.54. The standard InChI is InChI=1S/C11H17NO/c1-12-8-4-7-10-5-2-3-6-11(10)9-13/h2-3,5-6,12-13H,4,7-9H2,1H3. The molecule has 2 heteroatoms. The van der Waals surface area contributed by atoms with E-state index < -0.39 is 0 Å². The Morgan fingerprint density at radius 2 is 1.92 bits per heavy atom. The summed E-state index contributed by atoms with van der Waals surface area (Å²) in [7, 11) is 1.96. The summed E-state index contributed by atoms with van der Waals surface area (Å²) in [6.07, 6.45) is 2.16. The SMILES string of the molecule is CNCCCc1ccccc1CO. The van der Waals surface area contributed by atoms with Crippen molar-refractivity contribution in [3.05, 3.63) is 35.4 Å². The highest BCUT2D eigenvalue weighted by Gasteiger charge is 1.98. The quantitative estimate of drug-likeness (QED) is 0.668. The number of nitrogens with one attached hydrogen (secondary N) is 1. The number of hydrogen-bond donors (Lipinski definition) is 2. The highest BCUT2D eigenvalue weighted by Crippen LogP contribution is 2.10. The molecule has 2 N–H and O–H groups in total. The molecule has 0 saturated carbocycles. The molecule has 0 fully saturated rings. The maximum atomic E-state index is 9.06. The molecule has 0 amide bonds. The Labute approximate surface area is 79.6 Å². The normalized spacial score (nSPS) is 10.3. The fraction of sp³-hybridized carbons (Fsp3) is 0.455. The van der Waals surface area contributed by atoms with Gasteiger partial charge in [0.1, 0.15) is 0 Å². The van der Waals surface area contributed by atoms with Gasteiger partial charge >= 0.3 is 0 Å². The molecule has 2 nitrogen and oxygen atoms in total. The number of aryl methyl sites for hydroxylation is 1. The summed E-state index contributed by atoms with van der Waals surface area (Å²) in [5, 5.41) is 12.2. The van der Waals surface area contributed by atoms with Crippen molar-refractivity contribution in [1.82, 2.24) is 5.32 Å². The molecule has 0 heterocycles. The maximum absolute atomic E-state index is 9.06. The van der Waals surface area contributed by atoms with E-state index >= 15 is 0 Å². The van der Waals surface area contributed by atoms with Crippen molar-refractivity contribution in [1.29, 1.82) is 0 Å². The molecule has 0 bridgehead atoms. The van der Waals surface area contributed by atoms with E-state index in [9.17, 15) is 0 Å². The number of aliphatic hydroxyl groups is 1. The molecule has 0 saturated heterocycles. The van der Waals surface area contributed by atoms with Crippen LogP contribution in [0.25, 0.3) is 0 Å². The summed E-state index contributed by atoms with van der Waals surface area (Å²) >= 11 is 0. The van der Waals surface area contributed by atoms with Crippen LogP contribution < -0.4 is 5.32 Å². The Bertz CT molecular complexity index is 248. The Morgan fingerprint density at radius 1 is 1.23 bits per heavy atom. The Hall–Kier alpha value is -0.860. The van der Waals surface area contributed by atoms with Crippen LogP contribution in [0.4, 0.5) is 0 Å². The van der Waals surface area contributed by atoms with Gasteiger partial charge in [0.15, 0.2) is 0 Å². The zero-order valence-corrected chi connectivity index (χ0v) is 8.09. The molecule has 1 rings (SSSR count). The minimum Gasteiger partial charge on any atom is -0.392 e. The molecule has 0 aliphatic heterocycles. The van der Waals surface area contributed by atoms with Crippen molar-refractivity contribution >= 4 is 0 Å². The van der Waals surface area contributed by atoms with Gasteiger partial charge in [-0.15, -0.1) is 0 Å². The van der Waals surface area contributed by atoms with E-state index in [4.69, 9.17) is 5.11 Å². The van der Waals surface area contributed by atoms with E-state index in [-0.39, 0.29) is 6.61 Å². The van der Waals surface area contributed by atoms with Crippen LogP contribution >= 0.6 is 0 Å². The average molecular weight is 179 g/mol. The minimum absolute atomic E-state index is 0.149. The lowest BCUT2D eigenvalue weighted by atomic mass is 10.0. The van der Waals surface area contributed by atoms with Crippen molar-refractivity contribution in [2.75, 3.05) is 13.6 Å². The van der Waals surface area contributed by atoms with Gasteiger partial charge in [-0.2, -0.15) is 0 Å². The second-order valence-electron chi connectivity index (χ2n) is 3.13. The first-order valence-corrected chi connectivity index (χ1v) is 4.70. The third-order valence-corrected chi connectivity index (χ3v) is 2.16. The lowest BCUT2D eigenvalue weighted by Crippen LogP contribution is -2.08. The molecule has 1 aromatic carbocycles. The van der Waals surface area contributed by atoms with Crippen molar-refractivity contribution in [2.24, 2.45) is 0 Å². The highest BCUT2D eigenvalue weighted by molar-refractivity contribution is 5.26. The van der Waals surface area contributed by atoms with E-state index in [0.29, 0.717) is 0 Å². The summed E-state index contributed by atoms with van der Waals surface area (Å²) in [5.41, 5.74) is 2.32. The predicted octanol–water partition coefficient (Wildman–Crippen LogP) is 1.33. The van der Waals surface area contributed by atoms with Crippen LogP contribution in [0, 0.1) is 0 Å². The molecular weight excluding hydrogens is 162 g/mol. The molecule has 0 spiro atoms. The lowest BCUT2D eigenvalue weighted by Gasteiger charge is -2.06. The van der Waals surface area contributed by atoms with Gasteiger partial charge in [0.2, 0.25) is 0 Å². The van der Waals surface area contributed by atoms with Crippen molar-refractivity contribution in [3.8, 4) is 0 Å². The van der Waals surface area contributed by atoms with Gasteiger partial charge in [0.25, 0.3) is 0 Å². The largest absolute Gasteiger partial charge is 0.392 e. The third kappa shape index (κ3) is 3.17. The molecule has 0 radical (unpaired) electrons. The van der Waals surface area contributed by atoms with Gasteiger partial charge < -0.3 is 10.4 Å². The second kappa shape index (κ2) is 5.73. The first-order chi connectivity index (χ1) is 6.38. The van der Waals surface area contributed by atoms with E-state index in [1.165, 1.54) is 5.56 Å². The zero-order chi connectivity index (χ0) is 9.52. The van der Waals surface area contributed by atoms with Gasteiger partial charge in [0, 0.05) is 0 Å². The van der Waals surface area contributed by atoms with Gasteiger partial charge in [0.05, 0.1) is 6.61 Å². The monoisotopic (exact) mass is 179 g/mol. The maximum Gasteiger partial charge on any atom is 0.0684 e. The van der Waals surface area contributed by atoms with Gasteiger partial charge in [-0.3, -0.25) is 0 Å². The average Bonchev–Trinajstić information content (AvgIpc) is 2.19. The van der Waals surface area contributed by atoms with Crippen molar-refractivity contribution in [2.45, 2.75) is 19.4 Å².